The molecule has 2 heterocycles. The van der Waals surface area contributed by atoms with Crippen LogP contribution in [0.15, 0.2) is 82.4 Å². The van der Waals surface area contributed by atoms with Crippen molar-refractivity contribution in [3.8, 4) is 11.5 Å². The molecule has 2 aliphatic rings. The highest BCUT2D eigenvalue weighted by atomic mass is 79.9. The lowest BCUT2D eigenvalue weighted by molar-refractivity contribution is -0.0190. The molecule has 5 heteroatoms. The summed E-state index contributed by atoms with van der Waals surface area (Å²) in [5.74, 6) is 1.80. The number of halogens is 1. The number of ether oxygens (including phenoxy) is 2. The Morgan fingerprint density at radius 1 is 1.03 bits per heavy atom. The van der Waals surface area contributed by atoms with E-state index in [1.54, 1.807) is 0 Å². The van der Waals surface area contributed by atoms with Crippen LogP contribution in [-0.2, 0) is 0 Å². The Hall–Kier alpha value is -2.79. The first-order valence-electron chi connectivity index (χ1n) is 10.2. The van der Waals surface area contributed by atoms with Crippen LogP contribution < -0.4 is 9.47 Å². The smallest absolute Gasteiger partial charge is 0.213 e. The maximum atomic E-state index is 6.41. The van der Waals surface area contributed by atoms with Crippen molar-refractivity contribution in [1.29, 1.82) is 0 Å². The van der Waals surface area contributed by atoms with Gasteiger partial charge in [-0.1, -0.05) is 46.3 Å². The molecule has 0 saturated heterocycles. The third kappa shape index (κ3) is 3.58. The van der Waals surface area contributed by atoms with Gasteiger partial charge in [0.2, 0.25) is 6.23 Å². The number of fused-ring (bicyclic) bond motifs is 3. The van der Waals surface area contributed by atoms with Gasteiger partial charge in [0.25, 0.3) is 0 Å². The normalized spacial score (nSPS) is 19.7. The van der Waals surface area contributed by atoms with Gasteiger partial charge in [0.1, 0.15) is 11.5 Å². The first kappa shape index (κ1) is 19.2. The zero-order valence-corrected chi connectivity index (χ0v) is 18.5. The summed E-state index contributed by atoms with van der Waals surface area (Å²) in [4.78, 5) is 0. The van der Waals surface area contributed by atoms with Crippen LogP contribution in [0.5, 0.6) is 11.5 Å². The minimum absolute atomic E-state index is 0.137. The average Bonchev–Trinajstić information content (AvgIpc) is 3.20. The molecule has 0 spiro atoms. The molecular formula is C25H23BrN2O2. The van der Waals surface area contributed by atoms with Gasteiger partial charge in [0.15, 0.2) is 0 Å². The molecule has 0 amide bonds. The van der Waals surface area contributed by atoms with E-state index in [0.717, 1.165) is 44.8 Å². The highest BCUT2D eigenvalue weighted by Gasteiger charge is 2.41. The van der Waals surface area contributed by atoms with Gasteiger partial charge in [-0.15, -0.1) is 0 Å². The lowest BCUT2D eigenvalue weighted by Crippen LogP contribution is -2.33. The maximum absolute atomic E-state index is 6.41. The van der Waals surface area contributed by atoms with E-state index in [-0.39, 0.29) is 18.4 Å². The van der Waals surface area contributed by atoms with Crippen molar-refractivity contribution in [3.05, 3.63) is 94.0 Å². The quantitative estimate of drug-likeness (QED) is 0.444. The predicted molar refractivity (Wildman–Crippen MR) is 122 cm³/mol. The molecule has 0 N–H and O–H groups in total. The van der Waals surface area contributed by atoms with Crippen LogP contribution in [0, 0.1) is 0 Å². The lowest BCUT2D eigenvalue weighted by Gasteiger charge is -2.38. The summed E-state index contributed by atoms with van der Waals surface area (Å²) in [6.45, 7) is 4.07. The van der Waals surface area contributed by atoms with E-state index in [1.807, 2.05) is 56.3 Å². The Kier molecular flexibility index (Phi) is 4.99. The molecule has 0 bridgehead atoms. The fraction of sp³-hybridized carbons (Fsp3) is 0.240. The van der Waals surface area contributed by atoms with Gasteiger partial charge in [-0.2, -0.15) is 5.10 Å². The molecule has 0 fully saturated rings. The summed E-state index contributed by atoms with van der Waals surface area (Å²) in [6, 6.07) is 24.9. The molecule has 0 aliphatic carbocycles. The van der Waals surface area contributed by atoms with E-state index in [9.17, 15) is 0 Å². The molecule has 0 unspecified atom stereocenters. The van der Waals surface area contributed by atoms with Crippen molar-refractivity contribution >= 4 is 21.6 Å². The largest absolute Gasteiger partial charge is 0.491 e. The Bertz CT molecular complexity index is 1080. The summed E-state index contributed by atoms with van der Waals surface area (Å²) in [6.07, 6.45) is 0.749. The Balaban J connectivity index is 1.52. The van der Waals surface area contributed by atoms with Crippen LogP contribution in [0.25, 0.3) is 0 Å². The van der Waals surface area contributed by atoms with Crippen LogP contribution in [0.4, 0.5) is 0 Å². The van der Waals surface area contributed by atoms with Crippen molar-refractivity contribution in [1.82, 2.24) is 5.01 Å². The third-order valence-corrected chi connectivity index (χ3v) is 5.89. The van der Waals surface area contributed by atoms with Gasteiger partial charge in [-0.25, -0.2) is 5.01 Å². The van der Waals surface area contributed by atoms with Crippen molar-refractivity contribution in [2.75, 3.05) is 0 Å². The van der Waals surface area contributed by atoms with Crippen molar-refractivity contribution in [2.45, 2.75) is 38.6 Å². The topological polar surface area (TPSA) is 34.1 Å². The zero-order valence-electron chi connectivity index (χ0n) is 17.0. The second-order valence-corrected chi connectivity index (χ2v) is 8.82. The standard InChI is InChI=1S/C25H23BrN2O2/c1-16(2)29-20-11-8-17(9-12-20)22-15-23-21-14-19(26)10-13-24(21)30-25(28(23)27-22)18-6-4-3-5-7-18/h3-14,16,23,25H,15H2,1-2H3/t23-,25+/m1/s1. The van der Waals surface area contributed by atoms with Crippen LogP contribution in [0.2, 0.25) is 0 Å². The van der Waals surface area contributed by atoms with Crippen LogP contribution in [0.3, 0.4) is 0 Å². The molecule has 30 heavy (non-hydrogen) atoms. The number of rotatable bonds is 4. The first-order valence-corrected chi connectivity index (χ1v) is 11.0. The lowest BCUT2D eigenvalue weighted by atomic mass is 9.96. The Morgan fingerprint density at radius 2 is 1.80 bits per heavy atom. The Morgan fingerprint density at radius 3 is 2.53 bits per heavy atom. The van der Waals surface area contributed by atoms with Gasteiger partial charge in [-0.05, 0) is 61.9 Å². The fourth-order valence-electron chi connectivity index (χ4n) is 4.07. The van der Waals surface area contributed by atoms with Gasteiger partial charge in [0.05, 0.1) is 17.9 Å². The number of nitrogens with zero attached hydrogens (tertiary/aromatic N) is 2. The SMILES string of the molecule is CC(C)Oc1ccc(C2=NN3[C@H](C2)c2cc(Br)ccc2O[C@H]3c2ccccc2)cc1. The summed E-state index contributed by atoms with van der Waals surface area (Å²) < 4.78 is 13.2. The maximum Gasteiger partial charge on any atom is 0.213 e. The predicted octanol–water partition coefficient (Wildman–Crippen LogP) is 6.48. The molecule has 2 aliphatic heterocycles. The van der Waals surface area contributed by atoms with E-state index in [0.29, 0.717) is 0 Å². The third-order valence-electron chi connectivity index (χ3n) is 5.40. The molecule has 0 radical (unpaired) electrons. The molecule has 0 saturated carbocycles. The highest BCUT2D eigenvalue weighted by molar-refractivity contribution is 9.10. The van der Waals surface area contributed by atoms with Gasteiger partial charge < -0.3 is 9.47 Å². The van der Waals surface area contributed by atoms with Crippen molar-refractivity contribution < 1.29 is 9.47 Å². The van der Waals surface area contributed by atoms with Crippen molar-refractivity contribution in [3.63, 3.8) is 0 Å². The van der Waals surface area contributed by atoms with Gasteiger partial charge in [0, 0.05) is 22.0 Å². The second kappa shape index (κ2) is 7.80. The first-order chi connectivity index (χ1) is 14.6. The van der Waals surface area contributed by atoms with E-state index in [2.05, 4.69) is 51.3 Å². The average molecular weight is 463 g/mol. The summed E-state index contributed by atoms with van der Waals surface area (Å²) in [7, 11) is 0. The van der Waals surface area contributed by atoms with Gasteiger partial charge in [-0.3, -0.25) is 0 Å². The molecule has 3 aromatic carbocycles. The van der Waals surface area contributed by atoms with E-state index < -0.39 is 0 Å². The number of hydrazone groups is 1. The molecular weight excluding hydrogens is 440 g/mol. The minimum atomic E-state index is -0.245. The molecule has 4 nitrogen and oxygen atoms in total. The van der Waals surface area contributed by atoms with Gasteiger partial charge >= 0.3 is 0 Å². The molecule has 3 aromatic rings. The Labute approximate surface area is 185 Å². The zero-order chi connectivity index (χ0) is 20.7. The van der Waals surface area contributed by atoms with E-state index in [4.69, 9.17) is 14.6 Å². The summed E-state index contributed by atoms with van der Waals surface area (Å²) in [5.41, 5.74) is 4.44. The number of hydrogen-bond acceptors (Lipinski definition) is 4. The number of benzene rings is 3. The van der Waals surface area contributed by atoms with E-state index in [1.165, 1.54) is 0 Å². The van der Waals surface area contributed by atoms with E-state index >= 15 is 0 Å². The van der Waals surface area contributed by atoms with Crippen LogP contribution >= 0.6 is 15.9 Å². The molecule has 5 rings (SSSR count). The van der Waals surface area contributed by atoms with Crippen molar-refractivity contribution in [2.24, 2.45) is 5.10 Å². The number of hydrogen-bond donors (Lipinski definition) is 0. The molecule has 0 aromatic heterocycles. The highest BCUT2D eigenvalue weighted by Crippen LogP contribution is 2.48. The molecule has 2 atom stereocenters. The summed E-state index contributed by atoms with van der Waals surface area (Å²) >= 11 is 3.61. The van der Waals surface area contributed by atoms with Crippen LogP contribution in [-0.4, -0.2) is 16.8 Å². The molecule has 152 valence electrons. The fourth-order valence-corrected chi connectivity index (χ4v) is 4.45. The second-order valence-electron chi connectivity index (χ2n) is 7.90. The minimum Gasteiger partial charge on any atom is -0.491 e. The monoisotopic (exact) mass is 462 g/mol. The summed E-state index contributed by atoms with van der Waals surface area (Å²) in [5, 5.41) is 7.14. The van der Waals surface area contributed by atoms with Crippen LogP contribution in [0.1, 0.15) is 49.2 Å².